The lowest BCUT2D eigenvalue weighted by molar-refractivity contribution is 0.568. The molecule has 1 aromatic carbocycles. The van der Waals surface area contributed by atoms with Crippen LogP contribution in [-0.4, -0.2) is 0 Å². The molecule has 0 saturated heterocycles. The average Bonchev–Trinajstić information content (AvgIpc) is 2.75. The summed E-state index contributed by atoms with van der Waals surface area (Å²) in [6.45, 7) is 4.00. The number of hydrogen-bond acceptors (Lipinski definition) is 1. The lowest BCUT2D eigenvalue weighted by Gasteiger charge is -1.92. The minimum absolute atomic E-state index is 1.13. The molecule has 0 aliphatic carbocycles. The summed E-state index contributed by atoms with van der Waals surface area (Å²) < 4.78 is 4.97. The summed E-state index contributed by atoms with van der Waals surface area (Å²) >= 11 is 0. The van der Waals surface area contributed by atoms with Crippen LogP contribution in [0.5, 0.6) is 0 Å². The van der Waals surface area contributed by atoms with Crippen LogP contribution in [-0.2, 0) is 0 Å². The summed E-state index contributed by atoms with van der Waals surface area (Å²) in [5.41, 5.74) is 2.33. The first-order valence-electron chi connectivity index (χ1n) is 4.54. The van der Waals surface area contributed by atoms with Crippen LogP contribution in [0.15, 0.2) is 53.3 Å². The normalized spacial score (nSPS) is 8.77. The molecule has 1 heterocycles. The Balaban J connectivity index is 0.000000396. The Kier molecular flexibility index (Phi) is 3.83. The van der Waals surface area contributed by atoms with Crippen LogP contribution in [0.4, 0.5) is 0 Å². The maximum Gasteiger partial charge on any atom is 0.0980 e. The van der Waals surface area contributed by atoms with Crippen LogP contribution in [0.1, 0.15) is 13.8 Å². The molecule has 1 aromatic heterocycles. The highest BCUT2D eigenvalue weighted by Gasteiger charge is 1.94. The Morgan fingerprint density at radius 3 is 2.08 bits per heavy atom. The molecule has 68 valence electrons. The fourth-order valence-electron chi connectivity index (χ4n) is 1.06. The largest absolute Gasteiger partial charge is 0.472 e. The van der Waals surface area contributed by atoms with Crippen molar-refractivity contribution in [3.63, 3.8) is 0 Å². The van der Waals surface area contributed by atoms with Gasteiger partial charge in [-0.15, -0.1) is 0 Å². The zero-order valence-electron chi connectivity index (χ0n) is 8.03. The van der Waals surface area contributed by atoms with E-state index >= 15 is 0 Å². The summed E-state index contributed by atoms with van der Waals surface area (Å²) in [7, 11) is 0. The second-order valence-electron chi connectivity index (χ2n) is 2.38. The lowest BCUT2D eigenvalue weighted by Crippen LogP contribution is -1.69. The van der Waals surface area contributed by atoms with E-state index in [2.05, 4.69) is 12.1 Å². The Bertz CT molecular complexity index is 308. The van der Waals surface area contributed by atoms with Crippen molar-refractivity contribution in [2.45, 2.75) is 13.8 Å². The van der Waals surface area contributed by atoms with Gasteiger partial charge < -0.3 is 4.42 Å². The van der Waals surface area contributed by atoms with Gasteiger partial charge in [-0.2, -0.15) is 0 Å². The van der Waals surface area contributed by atoms with Gasteiger partial charge >= 0.3 is 0 Å². The summed E-state index contributed by atoms with van der Waals surface area (Å²) in [6.07, 6.45) is 3.43. The van der Waals surface area contributed by atoms with Crippen molar-refractivity contribution in [2.75, 3.05) is 0 Å². The molecule has 0 atom stereocenters. The SMILES string of the molecule is CC.c1ccc(-c2ccoc2)cc1. The third kappa shape index (κ3) is 2.48. The van der Waals surface area contributed by atoms with Gasteiger partial charge in [-0.3, -0.25) is 0 Å². The molecular weight excluding hydrogens is 160 g/mol. The second kappa shape index (κ2) is 5.20. The summed E-state index contributed by atoms with van der Waals surface area (Å²) in [5.74, 6) is 0. The third-order valence-corrected chi connectivity index (χ3v) is 1.63. The third-order valence-electron chi connectivity index (χ3n) is 1.63. The Morgan fingerprint density at radius 1 is 0.846 bits per heavy atom. The first-order chi connectivity index (χ1) is 6.47. The average molecular weight is 174 g/mol. The van der Waals surface area contributed by atoms with Crippen LogP contribution >= 0.6 is 0 Å². The van der Waals surface area contributed by atoms with Crippen molar-refractivity contribution in [1.29, 1.82) is 0 Å². The monoisotopic (exact) mass is 174 g/mol. The lowest BCUT2D eigenvalue weighted by atomic mass is 10.1. The van der Waals surface area contributed by atoms with Gasteiger partial charge in [0.25, 0.3) is 0 Å². The van der Waals surface area contributed by atoms with E-state index in [9.17, 15) is 0 Å². The van der Waals surface area contributed by atoms with E-state index in [4.69, 9.17) is 4.42 Å². The highest BCUT2D eigenvalue weighted by Crippen LogP contribution is 2.18. The molecular formula is C12H14O. The predicted molar refractivity (Wildman–Crippen MR) is 55.5 cm³/mol. The van der Waals surface area contributed by atoms with Crippen molar-refractivity contribution in [1.82, 2.24) is 0 Å². The van der Waals surface area contributed by atoms with Crippen LogP contribution < -0.4 is 0 Å². The van der Waals surface area contributed by atoms with Crippen LogP contribution in [0, 0.1) is 0 Å². The standard InChI is InChI=1S/C10H8O.C2H6/c1-2-4-9(5-3-1)10-6-7-11-8-10;1-2/h1-8H;1-2H3. The fraction of sp³-hybridized carbons (Fsp3) is 0.167. The van der Waals surface area contributed by atoms with E-state index in [0.29, 0.717) is 0 Å². The topological polar surface area (TPSA) is 13.1 Å². The van der Waals surface area contributed by atoms with E-state index < -0.39 is 0 Å². The molecule has 2 rings (SSSR count). The molecule has 13 heavy (non-hydrogen) atoms. The minimum atomic E-state index is 1.13. The highest BCUT2D eigenvalue weighted by molar-refractivity contribution is 5.61. The van der Waals surface area contributed by atoms with Gasteiger partial charge in [-0.05, 0) is 11.6 Å². The summed E-state index contributed by atoms with van der Waals surface area (Å²) in [5, 5.41) is 0. The molecule has 0 aliphatic heterocycles. The van der Waals surface area contributed by atoms with Crippen LogP contribution in [0.3, 0.4) is 0 Å². The molecule has 0 unspecified atom stereocenters. The highest BCUT2D eigenvalue weighted by atomic mass is 16.3. The van der Waals surface area contributed by atoms with E-state index in [1.54, 1.807) is 12.5 Å². The summed E-state index contributed by atoms with van der Waals surface area (Å²) in [4.78, 5) is 0. The van der Waals surface area contributed by atoms with Crippen molar-refractivity contribution in [3.8, 4) is 11.1 Å². The maximum absolute atomic E-state index is 4.97. The van der Waals surface area contributed by atoms with Crippen molar-refractivity contribution in [3.05, 3.63) is 48.9 Å². The Labute approximate surface area is 79.0 Å². The molecule has 0 amide bonds. The summed E-state index contributed by atoms with van der Waals surface area (Å²) in [6, 6.07) is 12.1. The van der Waals surface area contributed by atoms with Gasteiger partial charge in [-0.1, -0.05) is 44.2 Å². The fourth-order valence-corrected chi connectivity index (χ4v) is 1.06. The van der Waals surface area contributed by atoms with Gasteiger partial charge in [-0.25, -0.2) is 0 Å². The maximum atomic E-state index is 4.97. The molecule has 1 heteroatoms. The number of benzene rings is 1. The minimum Gasteiger partial charge on any atom is -0.472 e. The number of furan rings is 1. The molecule has 0 radical (unpaired) electrons. The Hall–Kier alpha value is -1.50. The molecule has 0 saturated carbocycles. The van der Waals surface area contributed by atoms with Crippen molar-refractivity contribution >= 4 is 0 Å². The number of hydrogen-bond donors (Lipinski definition) is 0. The van der Waals surface area contributed by atoms with Gasteiger partial charge in [0, 0.05) is 5.56 Å². The molecule has 0 spiro atoms. The quantitative estimate of drug-likeness (QED) is 0.637. The molecule has 0 N–H and O–H groups in total. The van der Waals surface area contributed by atoms with Gasteiger partial charge in [0.1, 0.15) is 0 Å². The van der Waals surface area contributed by atoms with E-state index in [-0.39, 0.29) is 0 Å². The first kappa shape index (κ1) is 9.59. The van der Waals surface area contributed by atoms with Gasteiger partial charge in [0.2, 0.25) is 0 Å². The number of rotatable bonds is 1. The molecule has 0 bridgehead atoms. The zero-order valence-corrected chi connectivity index (χ0v) is 8.03. The van der Waals surface area contributed by atoms with Gasteiger partial charge in [0.05, 0.1) is 12.5 Å². The Morgan fingerprint density at radius 2 is 1.54 bits per heavy atom. The second-order valence-corrected chi connectivity index (χ2v) is 2.38. The van der Waals surface area contributed by atoms with E-state index in [0.717, 1.165) is 5.56 Å². The van der Waals surface area contributed by atoms with Crippen molar-refractivity contribution < 1.29 is 4.42 Å². The van der Waals surface area contributed by atoms with Crippen LogP contribution in [0.25, 0.3) is 11.1 Å². The molecule has 1 nitrogen and oxygen atoms in total. The molecule has 2 aromatic rings. The molecule has 0 aliphatic rings. The van der Waals surface area contributed by atoms with Gasteiger partial charge in [0.15, 0.2) is 0 Å². The first-order valence-corrected chi connectivity index (χ1v) is 4.54. The zero-order chi connectivity index (χ0) is 9.52. The van der Waals surface area contributed by atoms with E-state index in [1.165, 1.54) is 5.56 Å². The predicted octanol–water partition coefficient (Wildman–Crippen LogP) is 3.97. The van der Waals surface area contributed by atoms with Crippen LogP contribution in [0.2, 0.25) is 0 Å². The van der Waals surface area contributed by atoms with Crippen molar-refractivity contribution in [2.24, 2.45) is 0 Å². The van der Waals surface area contributed by atoms with E-state index in [1.807, 2.05) is 38.1 Å². The molecule has 0 fully saturated rings. The smallest absolute Gasteiger partial charge is 0.0980 e.